The smallest absolute Gasteiger partial charge is 0.251 e. The second kappa shape index (κ2) is 7.57. The zero-order valence-electron chi connectivity index (χ0n) is 13.3. The van der Waals surface area contributed by atoms with Crippen LogP contribution >= 0.6 is 0 Å². The zero-order valence-corrected chi connectivity index (χ0v) is 13.3. The quantitative estimate of drug-likeness (QED) is 0.874. The highest BCUT2D eigenvalue weighted by Crippen LogP contribution is 2.18. The topological polar surface area (TPSA) is 41.6 Å². The summed E-state index contributed by atoms with van der Waals surface area (Å²) in [4.78, 5) is 14.8. The summed E-state index contributed by atoms with van der Waals surface area (Å²) in [7, 11) is 1.65. The average Bonchev–Trinajstić information content (AvgIpc) is 2.95. The zero-order chi connectivity index (χ0) is 15.2. The highest BCUT2D eigenvalue weighted by atomic mass is 16.5. The van der Waals surface area contributed by atoms with E-state index in [4.69, 9.17) is 4.74 Å². The number of methoxy groups -OCH3 is 1. The van der Waals surface area contributed by atoms with Crippen LogP contribution in [0.5, 0.6) is 0 Å². The summed E-state index contributed by atoms with van der Waals surface area (Å²) in [6.07, 6.45) is 1.16. The highest BCUT2D eigenvalue weighted by Gasteiger charge is 2.24. The number of amides is 1. The molecule has 1 aliphatic rings. The maximum absolute atomic E-state index is 12.3. The molecule has 21 heavy (non-hydrogen) atoms. The first-order valence-electron chi connectivity index (χ1n) is 7.71. The van der Waals surface area contributed by atoms with Crippen LogP contribution in [-0.2, 0) is 11.3 Å². The van der Waals surface area contributed by atoms with Crippen LogP contribution in [0.1, 0.15) is 36.2 Å². The van der Waals surface area contributed by atoms with Crippen LogP contribution in [0.4, 0.5) is 0 Å². The molecule has 0 spiro atoms. The molecule has 1 heterocycles. The lowest BCUT2D eigenvalue weighted by Gasteiger charge is -2.20. The van der Waals surface area contributed by atoms with Crippen molar-refractivity contribution in [3.05, 3.63) is 35.4 Å². The fraction of sp³-hybridized carbons (Fsp3) is 0.588. The fourth-order valence-electron chi connectivity index (χ4n) is 2.85. The van der Waals surface area contributed by atoms with Gasteiger partial charge in [0, 0.05) is 31.8 Å². The van der Waals surface area contributed by atoms with E-state index in [-0.39, 0.29) is 5.91 Å². The van der Waals surface area contributed by atoms with Gasteiger partial charge < -0.3 is 15.0 Å². The summed E-state index contributed by atoms with van der Waals surface area (Å²) in [5.74, 6) is 0.566. The summed E-state index contributed by atoms with van der Waals surface area (Å²) in [5.41, 5.74) is 1.66. The van der Waals surface area contributed by atoms with Gasteiger partial charge in [-0.15, -0.1) is 0 Å². The van der Waals surface area contributed by atoms with Crippen LogP contribution in [-0.4, -0.2) is 43.6 Å². The third kappa shape index (κ3) is 4.29. The molecule has 116 valence electrons. The van der Waals surface area contributed by atoms with Crippen molar-refractivity contribution in [3.8, 4) is 0 Å². The molecule has 0 aromatic heterocycles. The summed E-state index contributed by atoms with van der Waals surface area (Å²) in [6, 6.07) is 8.22. The van der Waals surface area contributed by atoms with Crippen molar-refractivity contribution in [2.24, 2.45) is 5.92 Å². The highest BCUT2D eigenvalue weighted by molar-refractivity contribution is 5.95. The molecule has 1 aromatic carbocycles. The molecule has 0 bridgehead atoms. The number of carbonyl (C=O) groups excluding carboxylic acids is 1. The second-order valence-corrected chi connectivity index (χ2v) is 6.04. The monoisotopic (exact) mass is 290 g/mol. The Morgan fingerprint density at radius 1 is 1.43 bits per heavy atom. The van der Waals surface area contributed by atoms with E-state index in [9.17, 15) is 4.79 Å². The van der Waals surface area contributed by atoms with E-state index in [2.05, 4.69) is 24.1 Å². The van der Waals surface area contributed by atoms with E-state index >= 15 is 0 Å². The van der Waals surface area contributed by atoms with E-state index in [1.165, 1.54) is 0 Å². The number of likely N-dealkylation sites (tertiary alicyclic amines) is 1. The number of carbonyl (C=O) groups is 1. The van der Waals surface area contributed by atoms with E-state index in [1.807, 2.05) is 24.3 Å². The molecule has 2 rings (SSSR count). The normalized spacial score (nSPS) is 19.1. The van der Waals surface area contributed by atoms with Crippen LogP contribution in [0.2, 0.25) is 0 Å². The molecule has 0 radical (unpaired) electrons. The predicted octanol–water partition coefficient (Wildman–Crippen LogP) is 2.29. The summed E-state index contributed by atoms with van der Waals surface area (Å²) in [5, 5.41) is 3.08. The van der Waals surface area contributed by atoms with Crippen molar-refractivity contribution in [3.63, 3.8) is 0 Å². The van der Waals surface area contributed by atoms with Crippen LogP contribution in [0.15, 0.2) is 24.3 Å². The molecule has 1 aromatic rings. The fourth-order valence-corrected chi connectivity index (χ4v) is 2.85. The Labute approximate surface area is 127 Å². The van der Waals surface area contributed by atoms with Crippen LogP contribution in [0.25, 0.3) is 0 Å². The molecule has 4 heteroatoms. The van der Waals surface area contributed by atoms with Gasteiger partial charge in [0.1, 0.15) is 0 Å². The van der Waals surface area contributed by atoms with Gasteiger partial charge in [-0.3, -0.25) is 4.79 Å². The number of rotatable bonds is 6. The Morgan fingerprint density at radius 3 is 2.86 bits per heavy atom. The summed E-state index contributed by atoms with van der Waals surface area (Å²) >= 11 is 0. The van der Waals surface area contributed by atoms with Crippen molar-refractivity contribution in [2.75, 3.05) is 26.7 Å². The minimum Gasteiger partial charge on any atom is -0.380 e. The number of hydrogen-bond donors (Lipinski definition) is 1. The van der Waals surface area contributed by atoms with Gasteiger partial charge in [0.15, 0.2) is 0 Å². The number of hydrogen-bond acceptors (Lipinski definition) is 3. The van der Waals surface area contributed by atoms with E-state index < -0.39 is 0 Å². The van der Waals surface area contributed by atoms with Gasteiger partial charge in [0.05, 0.1) is 6.61 Å². The molecule has 0 aliphatic carbocycles. The second-order valence-electron chi connectivity index (χ2n) is 6.04. The number of nitrogens with zero attached hydrogens (tertiary/aromatic N) is 1. The van der Waals surface area contributed by atoms with E-state index in [1.54, 1.807) is 7.11 Å². The average molecular weight is 290 g/mol. The summed E-state index contributed by atoms with van der Waals surface area (Å²) < 4.78 is 5.15. The SMILES string of the molecule is COCc1ccccc1C(=O)NCC1CCN(C(C)C)C1. The van der Waals surface area contributed by atoms with E-state index in [0.29, 0.717) is 18.6 Å². The molecule has 1 unspecified atom stereocenters. The molecule has 1 amide bonds. The third-order valence-corrected chi connectivity index (χ3v) is 4.16. The largest absolute Gasteiger partial charge is 0.380 e. The molecule has 1 aliphatic heterocycles. The lowest BCUT2D eigenvalue weighted by molar-refractivity contribution is 0.0942. The molecule has 1 fully saturated rings. The van der Waals surface area contributed by atoms with Crippen molar-refractivity contribution < 1.29 is 9.53 Å². The van der Waals surface area contributed by atoms with Crippen LogP contribution in [0.3, 0.4) is 0 Å². The number of nitrogens with one attached hydrogen (secondary N) is 1. The first kappa shape index (κ1) is 16.0. The molecule has 0 saturated carbocycles. The van der Waals surface area contributed by atoms with Crippen molar-refractivity contribution >= 4 is 5.91 Å². The summed E-state index contributed by atoms with van der Waals surface area (Å²) in [6.45, 7) is 7.89. The number of benzene rings is 1. The minimum absolute atomic E-state index is 0.00523. The third-order valence-electron chi connectivity index (χ3n) is 4.16. The van der Waals surface area contributed by atoms with Crippen molar-refractivity contribution in [1.82, 2.24) is 10.2 Å². The van der Waals surface area contributed by atoms with Gasteiger partial charge in [0.2, 0.25) is 0 Å². The Kier molecular flexibility index (Phi) is 5.76. The van der Waals surface area contributed by atoms with Crippen molar-refractivity contribution in [1.29, 1.82) is 0 Å². The standard InChI is InChI=1S/C17H26N2O2/c1-13(2)19-9-8-14(11-19)10-18-17(20)16-7-5-4-6-15(16)12-21-3/h4-7,13-14H,8-12H2,1-3H3,(H,18,20). The van der Waals surface area contributed by atoms with E-state index in [0.717, 1.165) is 37.2 Å². The lowest BCUT2D eigenvalue weighted by atomic mass is 10.1. The van der Waals surface area contributed by atoms with Gasteiger partial charge >= 0.3 is 0 Å². The molecule has 1 N–H and O–H groups in total. The Bertz CT molecular complexity index is 474. The molecule has 4 nitrogen and oxygen atoms in total. The molecule has 1 atom stereocenters. The van der Waals surface area contributed by atoms with Gasteiger partial charge in [-0.05, 0) is 44.4 Å². The van der Waals surface area contributed by atoms with Crippen LogP contribution < -0.4 is 5.32 Å². The van der Waals surface area contributed by atoms with Gasteiger partial charge in [-0.1, -0.05) is 18.2 Å². The first-order valence-corrected chi connectivity index (χ1v) is 7.71. The van der Waals surface area contributed by atoms with Gasteiger partial charge in [-0.25, -0.2) is 0 Å². The van der Waals surface area contributed by atoms with Crippen LogP contribution in [0, 0.1) is 5.92 Å². The Balaban J connectivity index is 1.88. The maximum Gasteiger partial charge on any atom is 0.251 e. The molecular weight excluding hydrogens is 264 g/mol. The minimum atomic E-state index is 0.00523. The molecular formula is C17H26N2O2. The maximum atomic E-state index is 12.3. The Hall–Kier alpha value is -1.39. The van der Waals surface area contributed by atoms with Gasteiger partial charge in [-0.2, -0.15) is 0 Å². The number of ether oxygens (including phenoxy) is 1. The lowest BCUT2D eigenvalue weighted by Crippen LogP contribution is -2.33. The van der Waals surface area contributed by atoms with Crippen molar-refractivity contribution in [2.45, 2.75) is 32.9 Å². The Morgan fingerprint density at radius 2 is 2.19 bits per heavy atom. The first-order chi connectivity index (χ1) is 10.1. The van der Waals surface area contributed by atoms with Gasteiger partial charge in [0.25, 0.3) is 5.91 Å². The molecule has 1 saturated heterocycles. The predicted molar refractivity (Wildman–Crippen MR) is 84.3 cm³/mol.